The van der Waals surface area contributed by atoms with Crippen molar-refractivity contribution < 1.29 is 18.0 Å². The zero-order valence-electron chi connectivity index (χ0n) is 11.4. The number of hydrazone groups is 1. The van der Waals surface area contributed by atoms with Crippen molar-refractivity contribution in [1.82, 2.24) is 5.01 Å². The van der Waals surface area contributed by atoms with Crippen LogP contribution in [0.4, 0.5) is 13.2 Å². The summed E-state index contributed by atoms with van der Waals surface area (Å²) in [7, 11) is 0. The van der Waals surface area contributed by atoms with E-state index in [1.165, 1.54) is 24.3 Å². The van der Waals surface area contributed by atoms with Crippen molar-refractivity contribution >= 4 is 63.0 Å². The maximum atomic E-state index is 12.7. The summed E-state index contributed by atoms with van der Waals surface area (Å²) < 4.78 is 38.2. The summed E-state index contributed by atoms with van der Waals surface area (Å²) in [5.74, 6) is -1.36. The van der Waals surface area contributed by atoms with E-state index >= 15 is 0 Å². The maximum absolute atomic E-state index is 12.7. The Hall–Kier alpha value is -1.84. The predicted molar refractivity (Wildman–Crippen MR) is 87.5 cm³/mol. The SMILES string of the molecule is N=C1/C(=C/c2ccc(Cl)cc2Cl)C(=O)N=C2SC(C(F)(F)F)=NN12. The normalized spacial score (nSPS) is 19.5. The number of fused-ring (bicyclic) bond motifs is 1. The van der Waals surface area contributed by atoms with Crippen LogP contribution >= 0.6 is 35.0 Å². The predicted octanol–water partition coefficient (Wildman–Crippen LogP) is 4.17. The lowest BCUT2D eigenvalue weighted by molar-refractivity contribution is -0.114. The van der Waals surface area contributed by atoms with E-state index in [0.29, 0.717) is 15.6 Å². The van der Waals surface area contributed by atoms with Crippen LogP contribution in [0.1, 0.15) is 5.56 Å². The Morgan fingerprint density at radius 1 is 1.29 bits per heavy atom. The van der Waals surface area contributed by atoms with E-state index in [4.69, 9.17) is 28.6 Å². The first-order chi connectivity index (χ1) is 11.2. The molecular weight excluding hydrogens is 388 g/mol. The van der Waals surface area contributed by atoms with E-state index in [1.54, 1.807) is 0 Å². The summed E-state index contributed by atoms with van der Waals surface area (Å²) in [6.07, 6.45) is -3.42. The zero-order valence-corrected chi connectivity index (χ0v) is 13.7. The standard InChI is InChI=1S/C13H5Cl2F3N4OS/c14-6-2-1-5(8(15)4-6)3-7-9(19)22-12(20-10(7)23)24-11(21-22)13(16,17)18/h1-4,19H/b7-3-,19-9?. The lowest BCUT2D eigenvalue weighted by Crippen LogP contribution is -2.35. The van der Waals surface area contributed by atoms with Gasteiger partial charge in [-0.2, -0.15) is 28.3 Å². The van der Waals surface area contributed by atoms with Gasteiger partial charge in [0.25, 0.3) is 5.91 Å². The van der Waals surface area contributed by atoms with Crippen LogP contribution in [0.3, 0.4) is 0 Å². The molecule has 2 aliphatic rings. The number of nitrogens with zero attached hydrogens (tertiary/aromatic N) is 3. The van der Waals surface area contributed by atoms with E-state index in [-0.39, 0.29) is 27.5 Å². The highest BCUT2D eigenvalue weighted by molar-refractivity contribution is 8.27. The van der Waals surface area contributed by atoms with Crippen molar-refractivity contribution in [3.05, 3.63) is 39.4 Å². The van der Waals surface area contributed by atoms with Gasteiger partial charge < -0.3 is 0 Å². The number of amides is 1. The summed E-state index contributed by atoms with van der Waals surface area (Å²) in [5, 5.41) is 11.0. The fraction of sp³-hybridized carbons (Fsp3) is 0.0769. The number of benzene rings is 1. The largest absolute Gasteiger partial charge is 0.441 e. The number of alkyl halides is 3. The van der Waals surface area contributed by atoms with Crippen molar-refractivity contribution in [2.75, 3.05) is 0 Å². The number of aliphatic imine (C=N–C) groups is 1. The minimum atomic E-state index is -4.68. The fourth-order valence-electron chi connectivity index (χ4n) is 1.88. The Kier molecular flexibility index (Phi) is 4.18. The first-order valence-electron chi connectivity index (χ1n) is 6.19. The van der Waals surface area contributed by atoms with Crippen LogP contribution in [0.25, 0.3) is 6.08 Å². The summed E-state index contributed by atoms with van der Waals surface area (Å²) >= 11 is 12.0. The minimum Gasteiger partial charge on any atom is -0.282 e. The molecule has 24 heavy (non-hydrogen) atoms. The molecule has 2 aliphatic heterocycles. The molecule has 3 rings (SSSR count). The Morgan fingerprint density at radius 2 is 2.00 bits per heavy atom. The van der Waals surface area contributed by atoms with Gasteiger partial charge in [-0.05, 0) is 35.5 Å². The van der Waals surface area contributed by atoms with Gasteiger partial charge in [0.2, 0.25) is 10.2 Å². The quantitative estimate of drug-likeness (QED) is 0.729. The van der Waals surface area contributed by atoms with Crippen LogP contribution in [-0.2, 0) is 4.79 Å². The molecule has 1 N–H and O–H groups in total. The number of carbonyl (C=O) groups is 1. The summed E-state index contributed by atoms with van der Waals surface area (Å²) in [6, 6.07) is 4.48. The molecule has 0 fully saturated rings. The molecule has 1 aromatic carbocycles. The highest BCUT2D eigenvalue weighted by Crippen LogP contribution is 2.35. The second kappa shape index (κ2) is 5.91. The smallest absolute Gasteiger partial charge is 0.282 e. The highest BCUT2D eigenvalue weighted by Gasteiger charge is 2.46. The molecule has 0 spiro atoms. The second-order valence-corrected chi connectivity index (χ2v) is 6.39. The topological polar surface area (TPSA) is 68.9 Å². The van der Waals surface area contributed by atoms with Crippen molar-refractivity contribution in [2.45, 2.75) is 6.18 Å². The first kappa shape index (κ1) is 17.0. The molecule has 0 atom stereocenters. The Balaban J connectivity index is 2.01. The third kappa shape index (κ3) is 3.06. The molecule has 0 bridgehead atoms. The number of nitrogens with one attached hydrogen (secondary N) is 1. The van der Waals surface area contributed by atoms with Crippen molar-refractivity contribution in [3.8, 4) is 0 Å². The average Bonchev–Trinajstić information content (AvgIpc) is 2.89. The van der Waals surface area contributed by atoms with Crippen LogP contribution in [0.2, 0.25) is 10.0 Å². The monoisotopic (exact) mass is 392 g/mol. The number of hydrogen-bond acceptors (Lipinski definition) is 4. The van der Waals surface area contributed by atoms with E-state index in [2.05, 4.69) is 10.1 Å². The molecule has 0 radical (unpaired) electrons. The van der Waals surface area contributed by atoms with Gasteiger partial charge in [-0.15, -0.1) is 0 Å². The fourth-order valence-corrected chi connectivity index (χ4v) is 3.10. The minimum absolute atomic E-state index is 0.191. The second-order valence-electron chi connectivity index (χ2n) is 4.59. The maximum Gasteiger partial charge on any atom is 0.441 e. The van der Waals surface area contributed by atoms with E-state index in [1.807, 2.05) is 0 Å². The van der Waals surface area contributed by atoms with Crippen LogP contribution in [-0.4, -0.2) is 33.1 Å². The molecule has 2 heterocycles. The van der Waals surface area contributed by atoms with Crippen molar-refractivity contribution in [1.29, 1.82) is 5.41 Å². The Morgan fingerprint density at radius 3 is 2.62 bits per heavy atom. The van der Waals surface area contributed by atoms with Gasteiger partial charge in [0.1, 0.15) is 0 Å². The number of halogens is 5. The van der Waals surface area contributed by atoms with Gasteiger partial charge in [0.05, 0.1) is 5.57 Å². The third-order valence-corrected chi connectivity index (χ3v) is 4.48. The van der Waals surface area contributed by atoms with Gasteiger partial charge in [-0.1, -0.05) is 29.3 Å². The average molecular weight is 393 g/mol. The summed E-state index contributed by atoms with van der Waals surface area (Å²) in [5.41, 5.74) is 0.149. The molecule has 1 aromatic rings. The van der Waals surface area contributed by atoms with Gasteiger partial charge in [-0.25, -0.2) is 0 Å². The number of hydrogen-bond donors (Lipinski definition) is 1. The number of carbonyl (C=O) groups excluding carboxylic acids is 1. The van der Waals surface area contributed by atoms with Crippen LogP contribution in [0, 0.1) is 5.41 Å². The molecule has 5 nitrogen and oxygen atoms in total. The molecule has 11 heteroatoms. The number of amidine groups is 2. The van der Waals surface area contributed by atoms with Crippen molar-refractivity contribution in [3.63, 3.8) is 0 Å². The van der Waals surface area contributed by atoms with Gasteiger partial charge in [0.15, 0.2) is 5.84 Å². The molecular formula is C13H5Cl2F3N4OS. The molecule has 0 unspecified atom stereocenters. The molecule has 124 valence electrons. The van der Waals surface area contributed by atoms with E-state index in [0.717, 1.165) is 0 Å². The lowest BCUT2D eigenvalue weighted by Gasteiger charge is -2.20. The molecule has 0 aromatic heterocycles. The van der Waals surface area contributed by atoms with E-state index in [9.17, 15) is 18.0 Å². The van der Waals surface area contributed by atoms with Crippen molar-refractivity contribution in [2.24, 2.45) is 10.1 Å². The molecule has 0 aliphatic carbocycles. The molecule has 1 amide bonds. The highest BCUT2D eigenvalue weighted by atomic mass is 35.5. The lowest BCUT2D eigenvalue weighted by atomic mass is 10.1. The Bertz CT molecular complexity index is 863. The number of rotatable bonds is 1. The molecule has 0 saturated heterocycles. The van der Waals surface area contributed by atoms with Crippen LogP contribution in [0.15, 0.2) is 33.9 Å². The first-order valence-corrected chi connectivity index (χ1v) is 7.76. The zero-order chi connectivity index (χ0) is 17.6. The van der Waals surface area contributed by atoms with Crippen LogP contribution < -0.4 is 0 Å². The number of thioether (sulfide) groups is 1. The van der Waals surface area contributed by atoms with Gasteiger partial charge in [0, 0.05) is 10.0 Å². The van der Waals surface area contributed by atoms with Crippen LogP contribution in [0.5, 0.6) is 0 Å². The Labute approximate surface area is 147 Å². The van der Waals surface area contributed by atoms with Gasteiger partial charge >= 0.3 is 6.18 Å². The third-order valence-electron chi connectivity index (χ3n) is 2.96. The van der Waals surface area contributed by atoms with Gasteiger partial charge in [-0.3, -0.25) is 10.2 Å². The summed E-state index contributed by atoms with van der Waals surface area (Å²) in [4.78, 5) is 15.6. The van der Waals surface area contributed by atoms with E-state index < -0.39 is 23.0 Å². The summed E-state index contributed by atoms with van der Waals surface area (Å²) in [6.45, 7) is 0. The molecule has 0 saturated carbocycles.